The van der Waals surface area contributed by atoms with Crippen molar-refractivity contribution in [2.45, 2.75) is 40.2 Å². The first-order valence-corrected chi connectivity index (χ1v) is 9.52. The molecule has 4 nitrogen and oxygen atoms in total. The molecule has 0 bridgehead atoms. The van der Waals surface area contributed by atoms with Crippen LogP contribution in [0.15, 0.2) is 16.6 Å². The molecule has 118 valence electrons. The summed E-state index contributed by atoms with van der Waals surface area (Å²) in [5, 5.41) is 0. The minimum absolute atomic E-state index is 0.00881. The third kappa shape index (κ3) is 4.97. The summed E-state index contributed by atoms with van der Waals surface area (Å²) in [4.78, 5) is 0. The van der Waals surface area contributed by atoms with Crippen LogP contribution in [0.1, 0.15) is 38.3 Å². The number of hydrogen-bond acceptors (Lipinski definition) is 3. The summed E-state index contributed by atoms with van der Waals surface area (Å²) in [5.74, 6) is 0.977. The Bertz CT molecular complexity index is 621. The number of benzene rings is 1. The average molecular weight is 376 g/mol. The predicted octanol–water partition coefficient (Wildman–Crippen LogP) is 3.24. The molecule has 6 heteroatoms. The van der Waals surface area contributed by atoms with E-state index in [1.165, 1.54) is 0 Å². The molecule has 0 atom stereocenters. The van der Waals surface area contributed by atoms with Crippen LogP contribution in [0.3, 0.4) is 0 Å². The van der Waals surface area contributed by atoms with Crippen LogP contribution in [0, 0.1) is 5.41 Å². The number of fused-ring (bicyclic) bond motifs is 1. The molecule has 1 heterocycles. The molecule has 2 rings (SSSR count). The van der Waals surface area contributed by atoms with Crippen molar-refractivity contribution in [3.05, 3.63) is 27.7 Å². The molecule has 1 aliphatic heterocycles. The highest BCUT2D eigenvalue weighted by molar-refractivity contribution is 9.10. The van der Waals surface area contributed by atoms with Gasteiger partial charge in [0.1, 0.15) is 5.75 Å². The number of nitrogens with one attached hydrogen (secondary N) is 1. The van der Waals surface area contributed by atoms with E-state index < -0.39 is 10.0 Å². The van der Waals surface area contributed by atoms with Crippen molar-refractivity contribution in [3.63, 3.8) is 0 Å². The molecular formula is C15H22BrNO3S. The van der Waals surface area contributed by atoms with E-state index >= 15 is 0 Å². The highest BCUT2D eigenvalue weighted by Crippen LogP contribution is 2.33. The molecule has 1 aliphatic rings. The molecule has 0 unspecified atom stereocenters. The Morgan fingerprint density at radius 2 is 2.05 bits per heavy atom. The lowest BCUT2D eigenvalue weighted by molar-refractivity contribution is 0.353. The molecule has 0 saturated carbocycles. The van der Waals surface area contributed by atoms with Crippen LogP contribution in [0.5, 0.6) is 5.75 Å². The first kappa shape index (κ1) is 16.8. The van der Waals surface area contributed by atoms with Crippen LogP contribution in [0.4, 0.5) is 0 Å². The SMILES string of the molecule is CC(C)(C)CCS(=O)(=O)NCc1cc(Br)cc2c1OCC2. The van der Waals surface area contributed by atoms with Gasteiger partial charge in [0.2, 0.25) is 10.0 Å². The van der Waals surface area contributed by atoms with Crippen LogP contribution < -0.4 is 9.46 Å². The largest absolute Gasteiger partial charge is 0.493 e. The summed E-state index contributed by atoms with van der Waals surface area (Å²) in [5.41, 5.74) is 2.03. The van der Waals surface area contributed by atoms with Gasteiger partial charge in [-0.05, 0) is 29.5 Å². The summed E-state index contributed by atoms with van der Waals surface area (Å²) in [7, 11) is -3.26. The second kappa shape index (κ2) is 6.26. The number of ether oxygens (including phenoxy) is 1. The Kier molecular flexibility index (Phi) is 5.00. The first-order chi connectivity index (χ1) is 9.66. The average Bonchev–Trinajstić information content (AvgIpc) is 2.81. The number of sulfonamides is 1. The van der Waals surface area contributed by atoms with E-state index in [2.05, 4.69) is 20.7 Å². The molecule has 1 aromatic rings. The number of rotatable bonds is 5. The smallest absolute Gasteiger partial charge is 0.211 e. The zero-order chi connectivity index (χ0) is 15.7. The van der Waals surface area contributed by atoms with Crippen LogP contribution >= 0.6 is 15.9 Å². The molecule has 0 saturated heterocycles. The van der Waals surface area contributed by atoms with Gasteiger partial charge < -0.3 is 4.74 Å². The van der Waals surface area contributed by atoms with Crippen molar-refractivity contribution in [2.75, 3.05) is 12.4 Å². The van der Waals surface area contributed by atoms with Gasteiger partial charge in [0.05, 0.1) is 12.4 Å². The summed E-state index contributed by atoms with van der Waals surface area (Å²) in [6, 6.07) is 3.94. The maximum atomic E-state index is 12.1. The fourth-order valence-corrected chi connectivity index (χ4v) is 4.13. The molecule has 0 spiro atoms. The van der Waals surface area contributed by atoms with Crippen LogP contribution in [0.25, 0.3) is 0 Å². The summed E-state index contributed by atoms with van der Waals surface area (Å²) in [6.45, 7) is 7.05. The van der Waals surface area contributed by atoms with Crippen molar-refractivity contribution in [2.24, 2.45) is 5.41 Å². The van der Waals surface area contributed by atoms with Gasteiger partial charge in [0.15, 0.2) is 0 Å². The Morgan fingerprint density at radius 3 is 2.71 bits per heavy atom. The lowest BCUT2D eigenvalue weighted by Crippen LogP contribution is -2.28. The molecule has 1 aromatic carbocycles. The number of halogens is 1. The molecule has 0 fully saturated rings. The second-order valence-corrected chi connectivity index (χ2v) is 9.44. The van der Waals surface area contributed by atoms with Gasteiger partial charge in [-0.2, -0.15) is 0 Å². The summed E-state index contributed by atoms with van der Waals surface area (Å²) >= 11 is 3.46. The van der Waals surface area contributed by atoms with E-state index in [9.17, 15) is 8.42 Å². The third-order valence-corrected chi connectivity index (χ3v) is 5.21. The van der Waals surface area contributed by atoms with E-state index in [1.807, 2.05) is 32.9 Å². The van der Waals surface area contributed by atoms with Gasteiger partial charge in [0, 0.05) is 23.0 Å². The van der Waals surface area contributed by atoms with Crippen LogP contribution in [-0.2, 0) is 23.0 Å². The minimum atomic E-state index is -3.26. The molecule has 1 N–H and O–H groups in total. The zero-order valence-electron chi connectivity index (χ0n) is 12.7. The normalized spacial score (nSPS) is 14.9. The lowest BCUT2D eigenvalue weighted by Gasteiger charge is -2.18. The van der Waals surface area contributed by atoms with E-state index in [0.717, 1.165) is 27.8 Å². The molecule has 0 aromatic heterocycles. The Hall–Kier alpha value is -0.590. The Balaban J connectivity index is 2.03. The topological polar surface area (TPSA) is 55.4 Å². The molecule has 0 radical (unpaired) electrons. The predicted molar refractivity (Wildman–Crippen MR) is 88.0 cm³/mol. The van der Waals surface area contributed by atoms with E-state index in [-0.39, 0.29) is 17.7 Å². The van der Waals surface area contributed by atoms with Crippen molar-refractivity contribution >= 4 is 26.0 Å². The van der Waals surface area contributed by atoms with Gasteiger partial charge >= 0.3 is 0 Å². The van der Waals surface area contributed by atoms with E-state index in [1.54, 1.807) is 0 Å². The fraction of sp³-hybridized carbons (Fsp3) is 0.600. The molecule has 0 amide bonds. The van der Waals surface area contributed by atoms with Crippen molar-refractivity contribution in [1.82, 2.24) is 4.72 Å². The molecule has 21 heavy (non-hydrogen) atoms. The zero-order valence-corrected chi connectivity index (χ0v) is 15.1. The van der Waals surface area contributed by atoms with Crippen molar-refractivity contribution < 1.29 is 13.2 Å². The van der Waals surface area contributed by atoms with Gasteiger partial charge in [0.25, 0.3) is 0 Å². The maximum Gasteiger partial charge on any atom is 0.211 e. The van der Waals surface area contributed by atoms with Crippen molar-refractivity contribution in [1.29, 1.82) is 0 Å². The van der Waals surface area contributed by atoms with E-state index in [0.29, 0.717) is 13.0 Å². The standard InChI is InChI=1S/C15H22BrNO3S/c1-15(2,3)5-7-21(18,19)17-10-12-9-13(16)8-11-4-6-20-14(11)12/h8-9,17H,4-7,10H2,1-3H3. The van der Waals surface area contributed by atoms with Gasteiger partial charge in [-0.3, -0.25) is 0 Å². The van der Waals surface area contributed by atoms with Crippen LogP contribution in [0.2, 0.25) is 0 Å². The van der Waals surface area contributed by atoms with Crippen molar-refractivity contribution in [3.8, 4) is 5.75 Å². The highest BCUT2D eigenvalue weighted by Gasteiger charge is 2.20. The van der Waals surface area contributed by atoms with Gasteiger partial charge in [-0.1, -0.05) is 36.7 Å². The maximum absolute atomic E-state index is 12.1. The minimum Gasteiger partial charge on any atom is -0.493 e. The molecule has 0 aliphatic carbocycles. The summed E-state index contributed by atoms with van der Waals surface area (Å²) < 4.78 is 33.4. The molecular weight excluding hydrogens is 354 g/mol. The van der Waals surface area contributed by atoms with Crippen LogP contribution in [-0.4, -0.2) is 20.8 Å². The highest BCUT2D eigenvalue weighted by atomic mass is 79.9. The Morgan fingerprint density at radius 1 is 1.33 bits per heavy atom. The van der Waals surface area contributed by atoms with Gasteiger partial charge in [-0.25, -0.2) is 13.1 Å². The monoisotopic (exact) mass is 375 g/mol. The number of hydrogen-bond donors (Lipinski definition) is 1. The second-order valence-electron chi connectivity index (χ2n) is 6.60. The first-order valence-electron chi connectivity index (χ1n) is 7.08. The Labute approximate surface area is 135 Å². The lowest BCUT2D eigenvalue weighted by atomic mass is 9.94. The quantitative estimate of drug-likeness (QED) is 0.859. The third-order valence-electron chi connectivity index (χ3n) is 3.43. The fourth-order valence-electron chi connectivity index (χ4n) is 2.18. The van der Waals surface area contributed by atoms with Gasteiger partial charge in [-0.15, -0.1) is 0 Å². The van der Waals surface area contributed by atoms with E-state index in [4.69, 9.17) is 4.74 Å². The summed E-state index contributed by atoms with van der Waals surface area (Å²) in [6.07, 6.45) is 1.51.